The number of ether oxygens (including phenoxy) is 1. The number of nitrogens with zero attached hydrogens (tertiary/aromatic N) is 1. The smallest absolute Gasteiger partial charge is 0.221 e. The van der Waals surface area contributed by atoms with Crippen molar-refractivity contribution in [2.24, 2.45) is 5.92 Å². The van der Waals surface area contributed by atoms with Gasteiger partial charge in [0.05, 0.1) is 5.69 Å². The van der Waals surface area contributed by atoms with E-state index in [1.807, 2.05) is 37.4 Å². The number of allylic oxidation sites excluding steroid dienone is 1. The predicted molar refractivity (Wildman–Crippen MR) is 136 cm³/mol. The van der Waals surface area contributed by atoms with Gasteiger partial charge in [-0.2, -0.15) is 0 Å². The molecule has 0 bridgehead atoms. The van der Waals surface area contributed by atoms with Crippen LogP contribution in [0.25, 0.3) is 0 Å². The maximum Gasteiger partial charge on any atom is 0.221 e. The molecular weight excluding hydrogens is 408 g/mol. The van der Waals surface area contributed by atoms with Crippen molar-refractivity contribution in [3.05, 3.63) is 101 Å². The number of nitrogens with one attached hydrogen (secondary N) is 1. The Morgan fingerprint density at radius 1 is 1.09 bits per heavy atom. The number of hydrogen-bond acceptors (Lipinski definition) is 3. The molecule has 170 valence electrons. The molecule has 2 atom stereocenters. The van der Waals surface area contributed by atoms with Crippen LogP contribution in [0.2, 0.25) is 0 Å². The molecule has 33 heavy (non-hydrogen) atoms. The van der Waals surface area contributed by atoms with E-state index < -0.39 is 0 Å². The summed E-state index contributed by atoms with van der Waals surface area (Å²) in [6.07, 6.45) is 3.09. The van der Waals surface area contributed by atoms with Crippen LogP contribution in [0.1, 0.15) is 37.5 Å². The predicted octanol–water partition coefficient (Wildman–Crippen LogP) is 6.46. The summed E-state index contributed by atoms with van der Waals surface area (Å²) in [6.45, 7) is 8.25. The number of aryl methyl sites for hydroxylation is 1. The SMILES string of the molecule is CC(=O)Nc1ccc(C)c(C(C)(Cc2ccccc2)C(C)/C=C2\Oc3ccccc3N2C)c1. The zero-order chi connectivity index (χ0) is 23.6. The Morgan fingerprint density at radius 3 is 2.48 bits per heavy atom. The Kier molecular flexibility index (Phi) is 6.28. The summed E-state index contributed by atoms with van der Waals surface area (Å²) in [5, 5.41) is 2.95. The van der Waals surface area contributed by atoms with E-state index in [1.165, 1.54) is 16.7 Å². The Labute approximate surface area is 196 Å². The van der Waals surface area contributed by atoms with E-state index in [1.54, 1.807) is 6.92 Å². The minimum Gasteiger partial charge on any atom is -0.439 e. The van der Waals surface area contributed by atoms with Gasteiger partial charge in [0.15, 0.2) is 11.6 Å². The molecule has 0 aliphatic carbocycles. The first-order chi connectivity index (χ1) is 15.8. The number of rotatable bonds is 6. The molecule has 1 N–H and O–H groups in total. The summed E-state index contributed by atoms with van der Waals surface area (Å²) in [5.41, 5.74) is 5.37. The summed E-state index contributed by atoms with van der Waals surface area (Å²) in [7, 11) is 2.04. The van der Waals surface area contributed by atoms with Gasteiger partial charge in [0.1, 0.15) is 0 Å². The number of fused-ring (bicyclic) bond motifs is 1. The van der Waals surface area contributed by atoms with Crippen molar-refractivity contribution in [3.63, 3.8) is 0 Å². The summed E-state index contributed by atoms with van der Waals surface area (Å²) in [4.78, 5) is 13.8. The van der Waals surface area contributed by atoms with Crippen LogP contribution in [0.4, 0.5) is 11.4 Å². The number of hydrogen-bond donors (Lipinski definition) is 1. The van der Waals surface area contributed by atoms with E-state index >= 15 is 0 Å². The number of carbonyl (C=O) groups is 1. The molecule has 0 saturated heterocycles. The molecule has 4 nitrogen and oxygen atoms in total. The lowest BCUT2D eigenvalue weighted by Crippen LogP contribution is -2.34. The molecule has 0 radical (unpaired) electrons. The fourth-order valence-electron chi connectivity index (χ4n) is 4.70. The highest BCUT2D eigenvalue weighted by atomic mass is 16.5. The van der Waals surface area contributed by atoms with Gasteiger partial charge in [-0.05, 0) is 66.3 Å². The monoisotopic (exact) mass is 440 g/mol. The molecule has 0 saturated carbocycles. The quantitative estimate of drug-likeness (QED) is 0.478. The van der Waals surface area contributed by atoms with Crippen molar-refractivity contribution in [3.8, 4) is 5.75 Å². The first kappa shape index (κ1) is 22.7. The maximum absolute atomic E-state index is 11.7. The molecule has 1 heterocycles. The summed E-state index contributed by atoms with van der Waals surface area (Å²) in [5.74, 6) is 1.81. The first-order valence-electron chi connectivity index (χ1n) is 11.4. The Hall–Kier alpha value is -3.53. The Balaban J connectivity index is 1.76. The van der Waals surface area contributed by atoms with Gasteiger partial charge < -0.3 is 15.0 Å². The Morgan fingerprint density at radius 2 is 1.79 bits per heavy atom. The van der Waals surface area contributed by atoms with Crippen LogP contribution in [0, 0.1) is 12.8 Å². The molecule has 4 rings (SSSR count). The van der Waals surface area contributed by atoms with Crippen LogP contribution in [-0.4, -0.2) is 13.0 Å². The largest absolute Gasteiger partial charge is 0.439 e. The topological polar surface area (TPSA) is 41.6 Å². The molecular formula is C29H32N2O2. The van der Waals surface area contributed by atoms with Gasteiger partial charge in [-0.25, -0.2) is 0 Å². The van der Waals surface area contributed by atoms with Crippen molar-refractivity contribution in [2.45, 2.75) is 39.5 Å². The third-order valence-corrected chi connectivity index (χ3v) is 6.76. The summed E-state index contributed by atoms with van der Waals surface area (Å²) < 4.78 is 6.21. The van der Waals surface area contributed by atoms with Crippen molar-refractivity contribution >= 4 is 17.3 Å². The molecule has 1 aliphatic heterocycles. The van der Waals surface area contributed by atoms with Gasteiger partial charge in [0.25, 0.3) is 0 Å². The zero-order valence-corrected chi connectivity index (χ0v) is 20.1. The number of amides is 1. The summed E-state index contributed by atoms with van der Waals surface area (Å²) in [6, 6.07) is 24.9. The van der Waals surface area contributed by atoms with Gasteiger partial charge in [-0.15, -0.1) is 0 Å². The van der Waals surface area contributed by atoms with Gasteiger partial charge in [-0.3, -0.25) is 4.79 Å². The minimum absolute atomic E-state index is 0.0662. The van der Waals surface area contributed by atoms with E-state index in [-0.39, 0.29) is 17.2 Å². The first-order valence-corrected chi connectivity index (χ1v) is 11.4. The fourth-order valence-corrected chi connectivity index (χ4v) is 4.70. The molecule has 0 aromatic heterocycles. The van der Waals surface area contributed by atoms with Gasteiger partial charge in [0.2, 0.25) is 5.91 Å². The minimum atomic E-state index is -0.230. The lowest BCUT2D eigenvalue weighted by molar-refractivity contribution is -0.114. The molecule has 3 aromatic rings. The van der Waals surface area contributed by atoms with Gasteiger partial charge in [-0.1, -0.05) is 62.4 Å². The number of para-hydroxylation sites is 2. The van der Waals surface area contributed by atoms with Crippen molar-refractivity contribution in [1.82, 2.24) is 0 Å². The van der Waals surface area contributed by atoms with Crippen LogP contribution in [0.15, 0.2) is 84.8 Å². The molecule has 0 fully saturated rings. The highest BCUT2D eigenvalue weighted by molar-refractivity contribution is 5.88. The third-order valence-electron chi connectivity index (χ3n) is 6.76. The molecule has 1 amide bonds. The van der Waals surface area contributed by atoms with Crippen LogP contribution < -0.4 is 15.0 Å². The molecule has 0 spiro atoms. The molecule has 3 aromatic carbocycles. The third kappa shape index (κ3) is 4.65. The fraction of sp³-hybridized carbons (Fsp3) is 0.276. The molecule has 1 aliphatic rings. The second-order valence-electron chi connectivity index (χ2n) is 9.21. The lowest BCUT2D eigenvalue weighted by Gasteiger charge is -2.37. The van der Waals surface area contributed by atoms with E-state index in [4.69, 9.17) is 4.74 Å². The van der Waals surface area contributed by atoms with E-state index in [0.717, 1.165) is 29.4 Å². The van der Waals surface area contributed by atoms with Crippen molar-refractivity contribution < 1.29 is 9.53 Å². The second kappa shape index (κ2) is 9.14. The molecule has 4 heteroatoms. The van der Waals surface area contributed by atoms with Crippen LogP contribution in [-0.2, 0) is 16.6 Å². The second-order valence-corrected chi connectivity index (χ2v) is 9.21. The number of benzene rings is 3. The van der Waals surface area contributed by atoms with Gasteiger partial charge >= 0.3 is 0 Å². The zero-order valence-electron chi connectivity index (χ0n) is 20.1. The van der Waals surface area contributed by atoms with Crippen LogP contribution >= 0.6 is 0 Å². The normalized spacial score (nSPS) is 16.6. The average Bonchev–Trinajstić information content (AvgIpc) is 3.10. The van der Waals surface area contributed by atoms with Crippen molar-refractivity contribution in [2.75, 3.05) is 17.3 Å². The molecule has 2 unspecified atom stereocenters. The average molecular weight is 441 g/mol. The Bertz CT molecular complexity index is 1190. The standard InChI is InChI=1S/C29H32N2O2/c1-20-15-16-24(30-22(3)32)18-25(20)29(4,19-23-11-7-6-8-12-23)21(2)17-28-31(5)26-13-9-10-14-27(26)33-28/h6-18,21H,19H2,1-5H3,(H,30,32)/b28-17-. The highest BCUT2D eigenvalue weighted by Crippen LogP contribution is 2.42. The van der Waals surface area contributed by atoms with Gasteiger partial charge in [0, 0.05) is 25.1 Å². The van der Waals surface area contributed by atoms with Crippen LogP contribution in [0.3, 0.4) is 0 Å². The number of anilines is 2. The van der Waals surface area contributed by atoms with E-state index in [0.29, 0.717) is 0 Å². The lowest BCUT2D eigenvalue weighted by atomic mass is 9.67. The maximum atomic E-state index is 11.7. The van der Waals surface area contributed by atoms with E-state index in [9.17, 15) is 4.79 Å². The van der Waals surface area contributed by atoms with Crippen LogP contribution in [0.5, 0.6) is 5.75 Å². The summed E-state index contributed by atoms with van der Waals surface area (Å²) >= 11 is 0. The highest BCUT2D eigenvalue weighted by Gasteiger charge is 2.35. The van der Waals surface area contributed by atoms with Crippen molar-refractivity contribution in [1.29, 1.82) is 0 Å². The number of carbonyl (C=O) groups excluding carboxylic acids is 1. The van der Waals surface area contributed by atoms with E-state index in [2.05, 4.69) is 79.5 Å².